The van der Waals surface area contributed by atoms with Gasteiger partial charge < -0.3 is 4.74 Å². The smallest absolute Gasteiger partial charge is 0.234 e. The van der Waals surface area contributed by atoms with Gasteiger partial charge in [-0.3, -0.25) is 4.79 Å². The van der Waals surface area contributed by atoms with Gasteiger partial charge in [-0.25, -0.2) is 4.68 Å². The Morgan fingerprint density at radius 3 is 2.59 bits per heavy atom. The zero-order chi connectivity index (χ0) is 12.4. The molecule has 0 spiro atoms. The number of methoxy groups -OCH3 is 1. The number of hydrogen-bond donors (Lipinski definition) is 0. The summed E-state index contributed by atoms with van der Waals surface area (Å²) in [6.45, 7) is 0. The molecule has 0 N–H and O–H groups in total. The number of hydrogen-bond acceptors (Lipinski definition) is 6. The summed E-state index contributed by atoms with van der Waals surface area (Å²) in [6, 6.07) is 3.10. The molecule has 2 heterocycles. The monoisotopic (exact) mass is 297 g/mol. The Hall–Kier alpha value is -1.83. The van der Waals surface area contributed by atoms with Gasteiger partial charge in [0.15, 0.2) is 4.60 Å². The summed E-state index contributed by atoms with van der Waals surface area (Å²) >= 11 is 3.15. The number of halogens is 1. The van der Waals surface area contributed by atoms with Crippen LogP contribution in [-0.4, -0.2) is 38.1 Å². The van der Waals surface area contributed by atoms with Crippen LogP contribution in [0.2, 0.25) is 0 Å². The predicted octanol–water partition coefficient (Wildman–Crippen LogP) is 0.607. The van der Waals surface area contributed by atoms with Gasteiger partial charge in [0.1, 0.15) is 11.4 Å². The second kappa shape index (κ2) is 4.58. The van der Waals surface area contributed by atoms with Crippen molar-refractivity contribution in [3.63, 3.8) is 0 Å². The Kier molecular flexibility index (Phi) is 3.14. The van der Waals surface area contributed by atoms with Crippen molar-refractivity contribution in [2.75, 3.05) is 7.11 Å². The molecule has 0 amide bonds. The molecular weight excluding hydrogens is 290 g/mol. The molecule has 2 aromatic heterocycles. The van der Waals surface area contributed by atoms with Crippen LogP contribution >= 0.6 is 15.9 Å². The molecule has 88 valence electrons. The number of aryl methyl sites for hydroxylation is 1. The SMILES string of the molecule is COc1ccc(C(=O)c2c(Br)nnn2C)nn1. The number of rotatable bonds is 3. The third-order valence-corrected chi connectivity index (χ3v) is 2.62. The van der Waals surface area contributed by atoms with Crippen molar-refractivity contribution in [3.05, 3.63) is 28.1 Å². The van der Waals surface area contributed by atoms with Crippen molar-refractivity contribution in [2.45, 2.75) is 0 Å². The minimum absolute atomic E-state index is 0.205. The summed E-state index contributed by atoms with van der Waals surface area (Å²) in [5.74, 6) is 0.0447. The maximum absolute atomic E-state index is 12.1. The van der Waals surface area contributed by atoms with Crippen LogP contribution in [0.3, 0.4) is 0 Å². The minimum atomic E-state index is -0.306. The number of nitrogens with zero attached hydrogens (tertiary/aromatic N) is 5. The van der Waals surface area contributed by atoms with Crippen molar-refractivity contribution >= 4 is 21.7 Å². The molecule has 7 nitrogen and oxygen atoms in total. The Labute approximate surface area is 105 Å². The van der Waals surface area contributed by atoms with E-state index < -0.39 is 0 Å². The first-order valence-electron chi connectivity index (χ1n) is 4.61. The van der Waals surface area contributed by atoms with E-state index >= 15 is 0 Å². The first-order valence-corrected chi connectivity index (χ1v) is 5.40. The van der Waals surface area contributed by atoms with Crippen LogP contribution in [0.25, 0.3) is 0 Å². The van der Waals surface area contributed by atoms with Crippen molar-refractivity contribution in [3.8, 4) is 5.88 Å². The number of carbonyl (C=O) groups excluding carboxylic acids is 1. The lowest BCUT2D eigenvalue weighted by molar-refractivity contribution is 0.102. The molecule has 0 radical (unpaired) electrons. The quantitative estimate of drug-likeness (QED) is 0.772. The highest BCUT2D eigenvalue weighted by molar-refractivity contribution is 9.10. The zero-order valence-corrected chi connectivity index (χ0v) is 10.7. The molecule has 0 aliphatic carbocycles. The largest absolute Gasteiger partial charge is 0.480 e. The molecule has 0 atom stereocenters. The average Bonchev–Trinajstić information content (AvgIpc) is 2.68. The van der Waals surface area contributed by atoms with Gasteiger partial charge in [-0.15, -0.1) is 15.3 Å². The highest BCUT2D eigenvalue weighted by atomic mass is 79.9. The van der Waals surface area contributed by atoms with E-state index in [9.17, 15) is 4.79 Å². The Bertz CT molecular complexity index is 532. The van der Waals surface area contributed by atoms with Gasteiger partial charge in [0.2, 0.25) is 11.7 Å². The van der Waals surface area contributed by atoms with Crippen molar-refractivity contribution in [1.29, 1.82) is 0 Å². The van der Waals surface area contributed by atoms with Gasteiger partial charge in [0, 0.05) is 13.1 Å². The molecule has 0 bridgehead atoms. The fourth-order valence-corrected chi connectivity index (χ4v) is 1.75. The van der Waals surface area contributed by atoms with E-state index in [0.29, 0.717) is 16.2 Å². The molecule has 0 saturated heterocycles. The summed E-state index contributed by atoms with van der Waals surface area (Å²) in [5, 5.41) is 15.0. The fraction of sp³-hybridized carbons (Fsp3) is 0.222. The van der Waals surface area contributed by atoms with E-state index in [1.54, 1.807) is 13.1 Å². The molecule has 2 rings (SSSR count). The van der Waals surface area contributed by atoms with Crippen molar-refractivity contribution in [2.24, 2.45) is 7.05 Å². The third kappa shape index (κ3) is 2.16. The lowest BCUT2D eigenvalue weighted by atomic mass is 10.2. The average molecular weight is 298 g/mol. The fourth-order valence-electron chi connectivity index (χ4n) is 1.24. The normalized spacial score (nSPS) is 10.3. The van der Waals surface area contributed by atoms with Crippen LogP contribution in [0, 0.1) is 0 Å². The topological polar surface area (TPSA) is 82.8 Å². The van der Waals surface area contributed by atoms with E-state index in [0.717, 1.165) is 0 Å². The highest BCUT2D eigenvalue weighted by Crippen LogP contribution is 2.16. The van der Waals surface area contributed by atoms with Gasteiger partial charge in [-0.1, -0.05) is 5.21 Å². The van der Waals surface area contributed by atoms with Crippen LogP contribution in [0.15, 0.2) is 16.7 Å². The van der Waals surface area contributed by atoms with Crippen LogP contribution < -0.4 is 4.74 Å². The lowest BCUT2D eigenvalue weighted by Gasteiger charge is -2.01. The van der Waals surface area contributed by atoms with E-state index in [1.807, 2.05) is 0 Å². The van der Waals surface area contributed by atoms with E-state index in [2.05, 4.69) is 36.4 Å². The third-order valence-electron chi connectivity index (χ3n) is 2.08. The Morgan fingerprint density at radius 1 is 1.35 bits per heavy atom. The molecule has 0 fully saturated rings. The minimum Gasteiger partial charge on any atom is -0.480 e. The summed E-state index contributed by atoms with van der Waals surface area (Å²) in [4.78, 5) is 12.1. The molecule has 0 aromatic carbocycles. The van der Waals surface area contributed by atoms with Gasteiger partial charge in [0.05, 0.1) is 7.11 Å². The molecular formula is C9H8BrN5O2. The Balaban J connectivity index is 2.37. The van der Waals surface area contributed by atoms with E-state index in [-0.39, 0.29) is 11.5 Å². The van der Waals surface area contributed by atoms with Gasteiger partial charge >= 0.3 is 0 Å². The van der Waals surface area contributed by atoms with Crippen LogP contribution in [0.1, 0.15) is 16.2 Å². The number of ether oxygens (including phenoxy) is 1. The first-order chi connectivity index (χ1) is 8.13. The molecule has 17 heavy (non-hydrogen) atoms. The highest BCUT2D eigenvalue weighted by Gasteiger charge is 2.20. The summed E-state index contributed by atoms with van der Waals surface area (Å²) < 4.78 is 6.61. The van der Waals surface area contributed by atoms with Gasteiger partial charge in [-0.2, -0.15) is 0 Å². The van der Waals surface area contributed by atoms with Crippen LogP contribution in [0.4, 0.5) is 0 Å². The second-order valence-corrected chi connectivity index (χ2v) is 3.89. The summed E-state index contributed by atoms with van der Waals surface area (Å²) in [5.41, 5.74) is 0.529. The van der Waals surface area contributed by atoms with E-state index in [1.165, 1.54) is 17.9 Å². The molecule has 8 heteroatoms. The maximum Gasteiger partial charge on any atom is 0.234 e. The maximum atomic E-state index is 12.1. The van der Waals surface area contributed by atoms with Gasteiger partial charge in [-0.05, 0) is 22.0 Å². The molecule has 0 saturated carbocycles. The van der Waals surface area contributed by atoms with Crippen LogP contribution in [0.5, 0.6) is 5.88 Å². The zero-order valence-electron chi connectivity index (χ0n) is 9.09. The summed E-state index contributed by atoms with van der Waals surface area (Å²) in [6.07, 6.45) is 0. The molecule has 0 aliphatic rings. The number of carbonyl (C=O) groups is 1. The lowest BCUT2D eigenvalue weighted by Crippen LogP contribution is -2.11. The predicted molar refractivity (Wildman–Crippen MR) is 60.7 cm³/mol. The number of ketones is 1. The molecule has 0 aliphatic heterocycles. The second-order valence-electron chi connectivity index (χ2n) is 3.14. The Morgan fingerprint density at radius 2 is 2.12 bits per heavy atom. The van der Waals surface area contributed by atoms with E-state index in [4.69, 9.17) is 4.74 Å². The molecule has 0 unspecified atom stereocenters. The van der Waals surface area contributed by atoms with Crippen molar-refractivity contribution < 1.29 is 9.53 Å². The standard InChI is InChI=1S/C9H8BrN5O2/c1-15-7(9(10)13-14-15)8(16)5-3-4-6(17-2)12-11-5/h3-4H,1-2H3. The van der Waals surface area contributed by atoms with Crippen molar-refractivity contribution in [1.82, 2.24) is 25.2 Å². The number of aromatic nitrogens is 5. The first kappa shape index (κ1) is 11.6. The van der Waals surface area contributed by atoms with Crippen LogP contribution in [-0.2, 0) is 7.05 Å². The van der Waals surface area contributed by atoms with Gasteiger partial charge in [0.25, 0.3) is 0 Å². The summed E-state index contributed by atoms with van der Waals surface area (Å²) in [7, 11) is 3.11. The molecule has 2 aromatic rings.